The first-order valence-corrected chi connectivity index (χ1v) is 9.86. The van der Waals surface area contributed by atoms with Crippen LogP contribution in [0.15, 0.2) is 45.3 Å². The molecule has 0 aliphatic carbocycles. The molecule has 11 heteroatoms. The van der Waals surface area contributed by atoms with Crippen LogP contribution in [0.4, 0.5) is 5.13 Å². The Morgan fingerprint density at radius 2 is 2.00 bits per heavy atom. The molecular weight excluding hydrogens is 378 g/mol. The van der Waals surface area contributed by atoms with E-state index in [1.165, 1.54) is 6.92 Å². The van der Waals surface area contributed by atoms with Crippen molar-refractivity contribution < 1.29 is 17.7 Å². The minimum atomic E-state index is -3.81. The fraction of sp³-hybridized carbons (Fsp3) is 0.200. The van der Waals surface area contributed by atoms with E-state index in [2.05, 4.69) is 25.4 Å². The van der Waals surface area contributed by atoms with Gasteiger partial charge < -0.3 is 9.84 Å². The Morgan fingerprint density at radius 3 is 2.73 bits per heavy atom. The Kier molecular flexibility index (Phi) is 5.40. The number of aromatic nitrogens is 3. The van der Waals surface area contributed by atoms with Crippen molar-refractivity contribution in [3.63, 3.8) is 0 Å². The first kappa shape index (κ1) is 18.2. The average Bonchev–Trinajstić information content (AvgIpc) is 3.25. The van der Waals surface area contributed by atoms with Gasteiger partial charge in [-0.1, -0.05) is 46.8 Å². The van der Waals surface area contributed by atoms with Gasteiger partial charge in [-0.2, -0.15) is 0 Å². The van der Waals surface area contributed by atoms with E-state index in [9.17, 15) is 13.2 Å². The standard InChI is InChI=1S/C15H15N5O4S2/c1-10(21)17-14-18-19-15(25-14)26(22,23)16-8-7-12-9-13(24-20-12)11-5-3-2-4-6-11/h2-6,9,16H,7-8H2,1H3,(H,17,18,21). The summed E-state index contributed by atoms with van der Waals surface area (Å²) >= 11 is 0.777. The van der Waals surface area contributed by atoms with E-state index in [4.69, 9.17) is 4.52 Å². The number of benzene rings is 1. The second-order valence-electron chi connectivity index (χ2n) is 5.25. The third-order valence-corrected chi connectivity index (χ3v) is 5.88. The van der Waals surface area contributed by atoms with Crippen molar-refractivity contribution in [1.82, 2.24) is 20.1 Å². The van der Waals surface area contributed by atoms with E-state index >= 15 is 0 Å². The Morgan fingerprint density at radius 1 is 1.23 bits per heavy atom. The van der Waals surface area contributed by atoms with E-state index in [0.29, 0.717) is 17.9 Å². The fourth-order valence-electron chi connectivity index (χ4n) is 2.06. The SMILES string of the molecule is CC(=O)Nc1nnc(S(=O)(=O)NCCc2cc(-c3ccccc3)on2)s1. The summed E-state index contributed by atoms with van der Waals surface area (Å²) in [6, 6.07) is 11.2. The van der Waals surface area contributed by atoms with Crippen LogP contribution in [0, 0.1) is 0 Å². The average molecular weight is 393 g/mol. The predicted molar refractivity (Wildman–Crippen MR) is 95.0 cm³/mol. The smallest absolute Gasteiger partial charge is 0.269 e. The largest absolute Gasteiger partial charge is 0.356 e. The first-order chi connectivity index (χ1) is 12.4. The second-order valence-corrected chi connectivity index (χ2v) is 8.17. The van der Waals surface area contributed by atoms with Crippen LogP contribution in [0.2, 0.25) is 0 Å². The molecule has 0 fully saturated rings. The van der Waals surface area contributed by atoms with E-state index in [-0.39, 0.29) is 21.9 Å². The van der Waals surface area contributed by atoms with Crippen LogP contribution in [0.1, 0.15) is 12.6 Å². The van der Waals surface area contributed by atoms with E-state index < -0.39 is 10.0 Å². The zero-order valence-corrected chi connectivity index (χ0v) is 15.3. The molecule has 0 saturated carbocycles. The van der Waals surface area contributed by atoms with Crippen LogP contribution >= 0.6 is 11.3 Å². The molecule has 0 spiro atoms. The Bertz CT molecular complexity index is 998. The molecule has 1 aromatic carbocycles. The molecule has 0 atom stereocenters. The van der Waals surface area contributed by atoms with Gasteiger partial charge in [0.05, 0.1) is 5.69 Å². The summed E-state index contributed by atoms with van der Waals surface area (Å²) < 4.78 is 31.9. The molecule has 0 saturated heterocycles. The van der Waals surface area contributed by atoms with E-state index in [0.717, 1.165) is 16.9 Å². The fourth-order valence-corrected chi connectivity index (χ4v) is 4.08. The number of nitrogens with zero attached hydrogens (tertiary/aromatic N) is 3. The minimum Gasteiger partial charge on any atom is -0.356 e. The van der Waals surface area contributed by atoms with Crippen LogP contribution in [-0.2, 0) is 21.2 Å². The maximum atomic E-state index is 12.2. The lowest BCUT2D eigenvalue weighted by molar-refractivity contribution is -0.114. The van der Waals surface area contributed by atoms with Gasteiger partial charge in [-0.25, -0.2) is 13.1 Å². The lowest BCUT2D eigenvalue weighted by Gasteiger charge is -2.01. The normalized spacial score (nSPS) is 11.4. The Labute approximate surface area is 153 Å². The summed E-state index contributed by atoms with van der Waals surface area (Å²) in [6.45, 7) is 1.42. The highest BCUT2D eigenvalue weighted by atomic mass is 32.2. The number of rotatable bonds is 7. The molecule has 3 rings (SSSR count). The maximum absolute atomic E-state index is 12.2. The van der Waals surface area contributed by atoms with Crippen LogP contribution in [0.25, 0.3) is 11.3 Å². The van der Waals surface area contributed by atoms with Gasteiger partial charge in [0.15, 0.2) is 5.76 Å². The van der Waals surface area contributed by atoms with Gasteiger partial charge in [0.1, 0.15) is 0 Å². The molecule has 3 aromatic rings. The van der Waals surface area contributed by atoms with Crippen LogP contribution < -0.4 is 10.0 Å². The number of carbonyl (C=O) groups is 1. The summed E-state index contributed by atoms with van der Waals surface area (Å²) in [5.74, 6) is 0.269. The molecule has 136 valence electrons. The van der Waals surface area contributed by atoms with Crippen LogP contribution in [0.5, 0.6) is 0 Å². The van der Waals surface area contributed by atoms with E-state index in [1.54, 1.807) is 6.07 Å². The summed E-state index contributed by atoms with van der Waals surface area (Å²) in [5.41, 5.74) is 1.52. The zero-order valence-electron chi connectivity index (χ0n) is 13.7. The molecule has 2 aromatic heterocycles. The molecule has 2 N–H and O–H groups in total. The van der Waals surface area contributed by atoms with Gasteiger partial charge in [-0.3, -0.25) is 4.79 Å². The highest BCUT2D eigenvalue weighted by Crippen LogP contribution is 2.21. The molecule has 1 amide bonds. The lowest BCUT2D eigenvalue weighted by Crippen LogP contribution is -2.26. The van der Waals surface area contributed by atoms with Gasteiger partial charge in [0, 0.05) is 31.5 Å². The highest BCUT2D eigenvalue weighted by molar-refractivity contribution is 7.91. The van der Waals surface area contributed by atoms with Crippen molar-refractivity contribution in [1.29, 1.82) is 0 Å². The number of nitrogens with one attached hydrogen (secondary N) is 2. The number of sulfonamides is 1. The molecular formula is C15H15N5O4S2. The van der Waals surface area contributed by atoms with Crippen molar-refractivity contribution in [2.45, 2.75) is 17.7 Å². The lowest BCUT2D eigenvalue weighted by atomic mass is 10.1. The van der Waals surface area contributed by atoms with Gasteiger partial charge in [-0.15, -0.1) is 10.2 Å². The Balaban J connectivity index is 1.58. The van der Waals surface area contributed by atoms with Crippen molar-refractivity contribution in [3.8, 4) is 11.3 Å². The van der Waals surface area contributed by atoms with Crippen molar-refractivity contribution in [2.24, 2.45) is 0 Å². The van der Waals surface area contributed by atoms with Gasteiger partial charge in [0.25, 0.3) is 10.0 Å². The van der Waals surface area contributed by atoms with Crippen LogP contribution in [-0.4, -0.2) is 36.2 Å². The van der Waals surface area contributed by atoms with Crippen molar-refractivity contribution in [2.75, 3.05) is 11.9 Å². The van der Waals surface area contributed by atoms with Crippen molar-refractivity contribution in [3.05, 3.63) is 42.1 Å². The third kappa shape index (κ3) is 4.50. The maximum Gasteiger partial charge on any atom is 0.269 e. The molecule has 0 aliphatic rings. The summed E-state index contributed by atoms with van der Waals surface area (Å²) in [6.07, 6.45) is 0.354. The molecule has 2 heterocycles. The third-order valence-electron chi connectivity index (χ3n) is 3.21. The minimum absolute atomic E-state index is 0.123. The summed E-state index contributed by atoms with van der Waals surface area (Å²) in [7, 11) is -3.81. The molecule has 0 bridgehead atoms. The van der Waals surface area contributed by atoms with Gasteiger partial charge in [-0.05, 0) is 0 Å². The summed E-state index contributed by atoms with van der Waals surface area (Å²) in [4.78, 5) is 11.0. The molecule has 9 nitrogen and oxygen atoms in total. The molecule has 0 aliphatic heterocycles. The number of carbonyl (C=O) groups excluding carboxylic acids is 1. The second kappa shape index (κ2) is 7.72. The number of hydrogen-bond acceptors (Lipinski definition) is 8. The number of anilines is 1. The quantitative estimate of drug-likeness (QED) is 0.585. The number of amides is 1. The van der Waals surface area contributed by atoms with E-state index in [1.807, 2.05) is 30.3 Å². The molecule has 0 unspecified atom stereocenters. The number of hydrogen-bond donors (Lipinski definition) is 2. The zero-order chi connectivity index (χ0) is 18.6. The molecule has 26 heavy (non-hydrogen) atoms. The first-order valence-electron chi connectivity index (χ1n) is 7.56. The molecule has 0 radical (unpaired) electrons. The van der Waals surface area contributed by atoms with Crippen molar-refractivity contribution >= 4 is 32.4 Å². The van der Waals surface area contributed by atoms with Crippen LogP contribution in [0.3, 0.4) is 0 Å². The summed E-state index contributed by atoms with van der Waals surface area (Å²) in [5, 5.41) is 13.7. The highest BCUT2D eigenvalue weighted by Gasteiger charge is 2.20. The Hall–Kier alpha value is -2.63. The topological polar surface area (TPSA) is 127 Å². The monoisotopic (exact) mass is 393 g/mol. The van der Waals surface area contributed by atoms with Gasteiger partial charge in [0.2, 0.25) is 15.4 Å². The predicted octanol–water partition coefficient (Wildman–Crippen LogP) is 1.67. The van der Waals surface area contributed by atoms with Gasteiger partial charge >= 0.3 is 0 Å².